The molecule has 0 aromatic heterocycles. The Morgan fingerprint density at radius 3 is 2.25 bits per heavy atom. The van der Waals surface area contributed by atoms with Crippen LogP contribution in [0, 0.1) is 10.1 Å². The molecular formula is C14H21N3O3. The topological polar surface area (TPSA) is 98.3 Å². The maximum absolute atomic E-state index is 12.2. The summed E-state index contributed by atoms with van der Waals surface area (Å²) in [5, 5.41) is 13.7. The highest BCUT2D eigenvalue weighted by Gasteiger charge is 2.26. The summed E-state index contributed by atoms with van der Waals surface area (Å²) in [7, 11) is 0. The Kier molecular flexibility index (Phi) is 5.07. The lowest BCUT2D eigenvalue weighted by atomic mass is 9.89. The third-order valence-electron chi connectivity index (χ3n) is 3.90. The van der Waals surface area contributed by atoms with Gasteiger partial charge in [0.05, 0.1) is 4.92 Å². The monoisotopic (exact) mass is 279 g/mol. The predicted octanol–water partition coefficient (Wildman–Crippen LogP) is 2.88. The first-order valence-corrected chi connectivity index (χ1v) is 6.75. The van der Waals surface area contributed by atoms with Crippen molar-refractivity contribution in [2.45, 2.75) is 45.6 Å². The van der Waals surface area contributed by atoms with Crippen LogP contribution >= 0.6 is 0 Å². The first-order chi connectivity index (χ1) is 9.39. The van der Waals surface area contributed by atoms with Crippen molar-refractivity contribution in [2.75, 3.05) is 5.73 Å². The molecule has 1 rings (SSSR count). The zero-order valence-electron chi connectivity index (χ0n) is 12.1. The molecule has 20 heavy (non-hydrogen) atoms. The quantitative estimate of drug-likeness (QED) is 0.475. The first-order valence-electron chi connectivity index (χ1n) is 6.75. The maximum atomic E-state index is 12.2. The smallest absolute Gasteiger partial charge is 0.292 e. The molecule has 1 amide bonds. The number of nitrogens with one attached hydrogen (secondary N) is 1. The summed E-state index contributed by atoms with van der Waals surface area (Å²) >= 11 is 0. The molecule has 0 fully saturated rings. The number of rotatable bonds is 6. The molecule has 0 saturated carbocycles. The molecule has 0 aliphatic heterocycles. The Morgan fingerprint density at radius 2 is 1.85 bits per heavy atom. The molecule has 0 heterocycles. The van der Waals surface area contributed by atoms with E-state index in [9.17, 15) is 14.9 Å². The van der Waals surface area contributed by atoms with Gasteiger partial charge in [0.1, 0.15) is 5.69 Å². The fraction of sp³-hybridized carbons (Fsp3) is 0.500. The largest absolute Gasteiger partial charge is 0.393 e. The second-order valence-electron chi connectivity index (χ2n) is 4.83. The Labute approximate surface area is 118 Å². The molecule has 6 nitrogen and oxygen atoms in total. The molecule has 110 valence electrons. The minimum Gasteiger partial charge on any atom is -0.393 e. The van der Waals surface area contributed by atoms with Crippen molar-refractivity contribution in [1.82, 2.24) is 5.32 Å². The molecule has 0 aliphatic carbocycles. The van der Waals surface area contributed by atoms with E-state index in [4.69, 9.17) is 5.73 Å². The average molecular weight is 279 g/mol. The van der Waals surface area contributed by atoms with E-state index in [1.807, 2.05) is 20.8 Å². The number of nitro groups is 1. The summed E-state index contributed by atoms with van der Waals surface area (Å²) in [4.78, 5) is 22.4. The van der Waals surface area contributed by atoms with E-state index in [-0.39, 0.29) is 22.8 Å². The average Bonchev–Trinajstić information content (AvgIpc) is 2.44. The molecular weight excluding hydrogens is 258 g/mol. The van der Waals surface area contributed by atoms with E-state index in [0.29, 0.717) is 5.56 Å². The minimum absolute atomic E-state index is 0.00209. The van der Waals surface area contributed by atoms with Crippen LogP contribution in [0.5, 0.6) is 0 Å². The highest BCUT2D eigenvalue weighted by Crippen LogP contribution is 2.24. The summed E-state index contributed by atoms with van der Waals surface area (Å²) in [5.41, 5.74) is 5.51. The van der Waals surface area contributed by atoms with Crippen molar-refractivity contribution in [3.05, 3.63) is 33.9 Å². The van der Waals surface area contributed by atoms with Crippen LogP contribution in [0.25, 0.3) is 0 Å². The van der Waals surface area contributed by atoms with Crippen LogP contribution in [-0.4, -0.2) is 16.4 Å². The number of nitrogens with zero attached hydrogens (tertiary/aromatic N) is 1. The Morgan fingerprint density at radius 1 is 1.30 bits per heavy atom. The van der Waals surface area contributed by atoms with Crippen LogP contribution in [0.3, 0.4) is 0 Å². The fourth-order valence-electron chi connectivity index (χ4n) is 2.19. The number of anilines is 1. The zero-order valence-corrected chi connectivity index (χ0v) is 12.1. The SMILES string of the molecule is CCC(CC)(CC)NC(=O)c1ccc([N+](=O)[O-])c(N)c1. The van der Waals surface area contributed by atoms with Crippen LogP contribution in [0.15, 0.2) is 18.2 Å². The van der Waals surface area contributed by atoms with Crippen molar-refractivity contribution in [2.24, 2.45) is 0 Å². The summed E-state index contributed by atoms with van der Waals surface area (Å²) in [6, 6.07) is 4.03. The second kappa shape index (κ2) is 6.36. The predicted molar refractivity (Wildman–Crippen MR) is 78.6 cm³/mol. The van der Waals surface area contributed by atoms with Gasteiger partial charge < -0.3 is 11.1 Å². The van der Waals surface area contributed by atoms with E-state index >= 15 is 0 Å². The van der Waals surface area contributed by atoms with Gasteiger partial charge in [-0.15, -0.1) is 0 Å². The van der Waals surface area contributed by atoms with Crippen LogP contribution in [0.4, 0.5) is 11.4 Å². The highest BCUT2D eigenvalue weighted by molar-refractivity contribution is 5.96. The Hall–Kier alpha value is -2.11. The van der Waals surface area contributed by atoms with Gasteiger partial charge >= 0.3 is 0 Å². The highest BCUT2D eigenvalue weighted by atomic mass is 16.6. The number of benzene rings is 1. The van der Waals surface area contributed by atoms with Crippen LogP contribution in [0.2, 0.25) is 0 Å². The van der Waals surface area contributed by atoms with Crippen LogP contribution < -0.4 is 11.1 Å². The standard InChI is InChI=1S/C14H21N3O3/c1-4-14(5-2,6-3)16-13(18)10-7-8-12(17(19)20)11(15)9-10/h7-9H,4-6,15H2,1-3H3,(H,16,18). The Bertz CT molecular complexity index is 502. The van der Waals surface area contributed by atoms with Crippen LogP contribution in [-0.2, 0) is 0 Å². The molecule has 0 saturated heterocycles. The van der Waals surface area contributed by atoms with Gasteiger partial charge in [0.25, 0.3) is 11.6 Å². The van der Waals surface area contributed by atoms with Gasteiger partial charge in [0.15, 0.2) is 0 Å². The van der Waals surface area contributed by atoms with Crippen molar-refractivity contribution < 1.29 is 9.72 Å². The van der Waals surface area contributed by atoms with E-state index in [2.05, 4.69) is 5.32 Å². The van der Waals surface area contributed by atoms with Gasteiger partial charge in [0.2, 0.25) is 0 Å². The lowest BCUT2D eigenvalue weighted by molar-refractivity contribution is -0.383. The molecule has 1 aromatic carbocycles. The fourth-order valence-corrected chi connectivity index (χ4v) is 2.19. The van der Waals surface area contributed by atoms with Gasteiger partial charge in [-0.1, -0.05) is 20.8 Å². The number of carbonyl (C=O) groups is 1. The maximum Gasteiger partial charge on any atom is 0.292 e. The lowest BCUT2D eigenvalue weighted by Gasteiger charge is -2.31. The van der Waals surface area contributed by atoms with Gasteiger partial charge in [-0.05, 0) is 31.4 Å². The number of nitrogens with two attached hydrogens (primary N) is 1. The van der Waals surface area contributed by atoms with Crippen molar-refractivity contribution in [3.63, 3.8) is 0 Å². The molecule has 0 bridgehead atoms. The number of amides is 1. The Balaban J connectivity index is 2.99. The molecule has 6 heteroatoms. The first kappa shape index (κ1) is 15.9. The normalized spacial score (nSPS) is 11.2. The number of carbonyl (C=O) groups excluding carboxylic acids is 1. The number of hydrogen-bond donors (Lipinski definition) is 2. The van der Waals surface area contributed by atoms with Gasteiger partial charge in [-0.2, -0.15) is 0 Å². The molecule has 3 N–H and O–H groups in total. The molecule has 0 spiro atoms. The number of nitrogen functional groups attached to an aromatic ring is 1. The van der Waals surface area contributed by atoms with Gasteiger partial charge in [0, 0.05) is 17.2 Å². The molecule has 0 aliphatic rings. The molecule has 1 aromatic rings. The molecule has 0 unspecified atom stereocenters. The summed E-state index contributed by atoms with van der Waals surface area (Å²) in [6.45, 7) is 6.08. The van der Waals surface area contributed by atoms with Crippen molar-refractivity contribution in [1.29, 1.82) is 0 Å². The minimum atomic E-state index is -0.564. The van der Waals surface area contributed by atoms with E-state index in [1.165, 1.54) is 18.2 Å². The zero-order chi connectivity index (χ0) is 15.3. The third kappa shape index (κ3) is 3.26. The summed E-state index contributed by atoms with van der Waals surface area (Å²) in [6.07, 6.45) is 2.48. The second-order valence-corrected chi connectivity index (χ2v) is 4.83. The molecule has 0 radical (unpaired) electrons. The number of hydrogen-bond acceptors (Lipinski definition) is 4. The van der Waals surface area contributed by atoms with Gasteiger partial charge in [-0.3, -0.25) is 14.9 Å². The van der Waals surface area contributed by atoms with Crippen molar-refractivity contribution in [3.8, 4) is 0 Å². The lowest BCUT2D eigenvalue weighted by Crippen LogP contribution is -2.47. The van der Waals surface area contributed by atoms with Crippen LogP contribution in [0.1, 0.15) is 50.4 Å². The van der Waals surface area contributed by atoms with E-state index in [0.717, 1.165) is 19.3 Å². The molecule has 0 atom stereocenters. The van der Waals surface area contributed by atoms with Gasteiger partial charge in [-0.25, -0.2) is 0 Å². The summed E-state index contributed by atoms with van der Waals surface area (Å²) in [5.74, 6) is -0.253. The van der Waals surface area contributed by atoms with E-state index < -0.39 is 4.92 Å². The number of nitro benzene ring substituents is 1. The van der Waals surface area contributed by atoms with E-state index in [1.54, 1.807) is 0 Å². The third-order valence-corrected chi connectivity index (χ3v) is 3.90. The summed E-state index contributed by atoms with van der Waals surface area (Å²) < 4.78 is 0. The van der Waals surface area contributed by atoms with Crippen molar-refractivity contribution >= 4 is 17.3 Å².